The van der Waals surface area contributed by atoms with Gasteiger partial charge in [0.05, 0.1) is 23.0 Å². The predicted molar refractivity (Wildman–Crippen MR) is 140 cm³/mol. The molecule has 0 bridgehead atoms. The molecule has 0 radical (unpaired) electrons. The van der Waals surface area contributed by atoms with Crippen molar-refractivity contribution in [3.05, 3.63) is 59.3 Å². The molecule has 3 aliphatic heterocycles. The molecule has 4 aliphatic rings. The Labute approximate surface area is 217 Å². The van der Waals surface area contributed by atoms with Gasteiger partial charge < -0.3 is 19.1 Å². The minimum atomic E-state index is -0.372. The van der Waals surface area contributed by atoms with E-state index in [4.69, 9.17) is 4.74 Å². The Morgan fingerprint density at radius 3 is 2.73 bits per heavy atom. The number of likely N-dealkylation sites (tertiary alicyclic amines) is 2. The molecule has 0 N–H and O–H groups in total. The minimum Gasteiger partial charge on any atom is -0.381 e. The van der Waals surface area contributed by atoms with E-state index in [0.717, 1.165) is 74.8 Å². The summed E-state index contributed by atoms with van der Waals surface area (Å²) in [6.45, 7) is 8.13. The molecule has 194 valence electrons. The number of aromatic nitrogens is 2. The zero-order valence-corrected chi connectivity index (χ0v) is 21.5. The van der Waals surface area contributed by atoms with E-state index in [1.165, 1.54) is 42.5 Å². The lowest BCUT2D eigenvalue weighted by Gasteiger charge is -2.42. The van der Waals surface area contributed by atoms with Gasteiger partial charge in [-0.3, -0.25) is 9.78 Å². The summed E-state index contributed by atoms with van der Waals surface area (Å²) in [5.74, 6) is 1.60. The number of pyridine rings is 1. The predicted octanol–water partition coefficient (Wildman–Crippen LogP) is 4.61. The fourth-order valence-electron chi connectivity index (χ4n) is 7.05. The van der Waals surface area contributed by atoms with E-state index in [2.05, 4.69) is 27.6 Å². The highest BCUT2D eigenvalue weighted by Crippen LogP contribution is 2.45. The van der Waals surface area contributed by atoms with E-state index in [9.17, 15) is 9.18 Å². The van der Waals surface area contributed by atoms with Crippen LogP contribution in [0, 0.1) is 30.5 Å². The molecular weight excluding hydrogens is 467 g/mol. The number of carbonyl (C=O) groups is 1. The van der Waals surface area contributed by atoms with Crippen LogP contribution in [0.2, 0.25) is 0 Å². The number of carbonyl (C=O) groups excluding carboxylic acids is 1. The van der Waals surface area contributed by atoms with Crippen LogP contribution >= 0.6 is 0 Å². The van der Waals surface area contributed by atoms with Crippen LogP contribution in [0.5, 0.6) is 0 Å². The molecule has 2 unspecified atom stereocenters. The molecule has 37 heavy (non-hydrogen) atoms. The van der Waals surface area contributed by atoms with Crippen molar-refractivity contribution in [2.75, 3.05) is 39.4 Å². The van der Waals surface area contributed by atoms with Crippen LogP contribution in [-0.2, 0) is 11.2 Å². The Morgan fingerprint density at radius 1 is 1.14 bits per heavy atom. The van der Waals surface area contributed by atoms with E-state index < -0.39 is 0 Å². The highest BCUT2D eigenvalue weighted by Gasteiger charge is 2.49. The van der Waals surface area contributed by atoms with Crippen LogP contribution in [0.3, 0.4) is 0 Å². The molecule has 0 spiro atoms. The fraction of sp³-hybridized carbons (Fsp3) is 0.533. The Morgan fingerprint density at radius 2 is 1.97 bits per heavy atom. The van der Waals surface area contributed by atoms with Crippen molar-refractivity contribution < 1.29 is 13.9 Å². The summed E-state index contributed by atoms with van der Waals surface area (Å²) in [6, 6.07) is 4.98. The van der Waals surface area contributed by atoms with Gasteiger partial charge in [-0.05, 0) is 86.1 Å². The van der Waals surface area contributed by atoms with Gasteiger partial charge in [-0.1, -0.05) is 0 Å². The summed E-state index contributed by atoms with van der Waals surface area (Å²) in [6.07, 6.45) is 11.5. The molecule has 3 aromatic rings. The molecule has 6 nitrogen and oxygen atoms in total. The van der Waals surface area contributed by atoms with Crippen molar-refractivity contribution in [1.82, 2.24) is 19.4 Å². The summed E-state index contributed by atoms with van der Waals surface area (Å²) >= 11 is 0. The van der Waals surface area contributed by atoms with Crippen LogP contribution in [0.25, 0.3) is 16.6 Å². The molecule has 1 aromatic carbocycles. The zero-order valence-electron chi connectivity index (χ0n) is 21.5. The lowest BCUT2D eigenvalue weighted by Crippen LogP contribution is -2.49. The number of hydrogen-bond donors (Lipinski definition) is 0. The van der Waals surface area contributed by atoms with Crippen LogP contribution in [0.15, 0.2) is 36.8 Å². The van der Waals surface area contributed by atoms with E-state index in [1.54, 1.807) is 6.07 Å². The first-order valence-corrected chi connectivity index (χ1v) is 13.9. The number of rotatable bonds is 6. The summed E-state index contributed by atoms with van der Waals surface area (Å²) in [4.78, 5) is 22.6. The maximum absolute atomic E-state index is 14.4. The number of hydrogen-bond acceptors (Lipinski definition) is 4. The molecule has 1 amide bonds. The SMILES string of the molecule is Cc1cncc2c1c(CC1CN(CC3CCOCC3)C1)cn2-c1ccc(F)cc1C(=O)N1CCC2CC21. The highest BCUT2D eigenvalue weighted by atomic mass is 19.1. The first-order chi connectivity index (χ1) is 18.0. The average molecular weight is 503 g/mol. The maximum Gasteiger partial charge on any atom is 0.256 e. The van der Waals surface area contributed by atoms with Crippen molar-refractivity contribution in [3.8, 4) is 5.69 Å². The largest absolute Gasteiger partial charge is 0.381 e. The molecule has 4 fully saturated rings. The summed E-state index contributed by atoms with van der Waals surface area (Å²) < 4.78 is 22.0. The van der Waals surface area contributed by atoms with Crippen LogP contribution < -0.4 is 0 Å². The molecule has 1 aliphatic carbocycles. The van der Waals surface area contributed by atoms with Gasteiger partial charge >= 0.3 is 0 Å². The lowest BCUT2D eigenvalue weighted by atomic mass is 9.89. The first kappa shape index (κ1) is 23.4. The van der Waals surface area contributed by atoms with Gasteiger partial charge in [0, 0.05) is 63.2 Å². The molecule has 7 rings (SSSR count). The third-order valence-electron chi connectivity index (χ3n) is 9.12. The van der Waals surface area contributed by atoms with E-state index in [0.29, 0.717) is 23.4 Å². The van der Waals surface area contributed by atoms with Crippen molar-refractivity contribution in [1.29, 1.82) is 0 Å². The minimum absolute atomic E-state index is 0.0498. The zero-order chi connectivity index (χ0) is 25.1. The van der Waals surface area contributed by atoms with Gasteiger partial charge in [0.25, 0.3) is 5.91 Å². The molecule has 7 heteroatoms. The number of nitrogens with zero attached hydrogens (tertiary/aromatic N) is 4. The van der Waals surface area contributed by atoms with Gasteiger partial charge in [0.15, 0.2) is 0 Å². The summed E-state index contributed by atoms with van der Waals surface area (Å²) in [5.41, 5.74) is 4.61. The second-order valence-electron chi connectivity index (χ2n) is 11.7. The molecule has 5 heterocycles. The average Bonchev–Trinajstić information content (AvgIpc) is 3.38. The molecule has 2 aromatic heterocycles. The van der Waals surface area contributed by atoms with Gasteiger partial charge in [-0.15, -0.1) is 0 Å². The third-order valence-corrected chi connectivity index (χ3v) is 9.12. The number of aryl methyl sites for hydroxylation is 1. The second-order valence-corrected chi connectivity index (χ2v) is 11.7. The Hall–Kier alpha value is -2.77. The summed E-state index contributed by atoms with van der Waals surface area (Å²) in [5, 5.41) is 1.21. The first-order valence-electron chi connectivity index (χ1n) is 13.9. The number of benzene rings is 1. The molecular formula is C30H35FN4O2. The van der Waals surface area contributed by atoms with Crippen molar-refractivity contribution >= 4 is 16.8 Å². The van der Waals surface area contributed by atoms with Crippen LogP contribution in [0.4, 0.5) is 4.39 Å². The number of halogens is 1. The number of piperidine rings is 1. The quantitative estimate of drug-likeness (QED) is 0.494. The van der Waals surface area contributed by atoms with Crippen LogP contribution in [-0.4, -0.2) is 70.7 Å². The van der Waals surface area contributed by atoms with Crippen molar-refractivity contribution in [2.45, 2.75) is 45.1 Å². The van der Waals surface area contributed by atoms with Crippen molar-refractivity contribution in [2.24, 2.45) is 17.8 Å². The number of ether oxygens (including phenoxy) is 1. The normalized spacial score (nSPS) is 24.4. The van der Waals surface area contributed by atoms with E-state index >= 15 is 0 Å². The monoisotopic (exact) mass is 502 g/mol. The van der Waals surface area contributed by atoms with Gasteiger partial charge in [0.1, 0.15) is 5.82 Å². The highest BCUT2D eigenvalue weighted by molar-refractivity contribution is 5.99. The van der Waals surface area contributed by atoms with Gasteiger partial charge in [-0.25, -0.2) is 4.39 Å². The van der Waals surface area contributed by atoms with E-state index in [1.807, 2.05) is 17.3 Å². The number of amides is 1. The number of fused-ring (bicyclic) bond motifs is 2. The third kappa shape index (κ3) is 4.26. The Balaban J connectivity index is 1.17. The second kappa shape index (κ2) is 9.21. The fourth-order valence-corrected chi connectivity index (χ4v) is 7.05. The summed E-state index contributed by atoms with van der Waals surface area (Å²) in [7, 11) is 0. The van der Waals surface area contributed by atoms with Gasteiger partial charge in [-0.2, -0.15) is 0 Å². The smallest absolute Gasteiger partial charge is 0.256 e. The molecule has 2 atom stereocenters. The van der Waals surface area contributed by atoms with Crippen molar-refractivity contribution in [3.63, 3.8) is 0 Å². The Kier molecular flexibility index (Phi) is 5.81. The van der Waals surface area contributed by atoms with Gasteiger partial charge in [0.2, 0.25) is 0 Å². The van der Waals surface area contributed by atoms with E-state index in [-0.39, 0.29) is 11.7 Å². The molecule has 1 saturated carbocycles. The topological polar surface area (TPSA) is 50.6 Å². The maximum atomic E-state index is 14.4. The van der Waals surface area contributed by atoms with Crippen LogP contribution in [0.1, 0.15) is 47.2 Å². The Bertz CT molecular complexity index is 1340. The standard InChI is InChI=1S/C30H35FN4O2/c1-19-13-32-14-28-29(19)23(10-21-16-33(17-21)15-20-5-8-37-9-6-20)18-35(28)26-3-2-24(31)12-25(26)30(36)34-7-4-22-11-27(22)34/h2-3,12-14,18,20-22,27H,4-11,15-17H2,1H3. The molecule has 3 saturated heterocycles. The lowest BCUT2D eigenvalue weighted by molar-refractivity contribution is 0.0254.